The van der Waals surface area contributed by atoms with E-state index in [0.717, 1.165) is 0 Å². The average Bonchev–Trinajstić information content (AvgIpc) is 2.71. The number of carbonyl (C=O) groups is 3. The molecule has 154 valence electrons. The van der Waals surface area contributed by atoms with Crippen molar-refractivity contribution in [2.45, 2.75) is 12.5 Å². The molecule has 29 heavy (non-hydrogen) atoms. The Balaban J connectivity index is 2.21. The van der Waals surface area contributed by atoms with Gasteiger partial charge < -0.3 is 15.4 Å². The van der Waals surface area contributed by atoms with Gasteiger partial charge in [-0.3, -0.25) is 19.3 Å². The summed E-state index contributed by atoms with van der Waals surface area (Å²) in [6.45, 7) is 1.47. The minimum absolute atomic E-state index is 0.255. The van der Waals surface area contributed by atoms with Gasteiger partial charge in [-0.1, -0.05) is 18.2 Å². The third-order valence-electron chi connectivity index (χ3n) is 4.75. The van der Waals surface area contributed by atoms with Gasteiger partial charge in [0.1, 0.15) is 17.9 Å². The van der Waals surface area contributed by atoms with Gasteiger partial charge in [-0.25, -0.2) is 4.39 Å². The number of nitrogens with one attached hydrogen (secondary N) is 2. The number of hydrogen-bond acceptors (Lipinski definition) is 5. The fourth-order valence-corrected chi connectivity index (χ4v) is 2.68. The Morgan fingerprint density at radius 2 is 1.76 bits per heavy atom. The van der Waals surface area contributed by atoms with Crippen LogP contribution >= 0.6 is 0 Å². The number of ether oxygens (including phenoxy) is 1. The molecule has 1 atom stereocenters. The smallest absolute Gasteiger partial charge is 0.325 e. The molecule has 2 amide bonds. The Bertz CT molecular complexity index is 899. The zero-order chi connectivity index (χ0) is 21.6. The van der Waals surface area contributed by atoms with Crippen LogP contribution in [-0.4, -0.2) is 50.4 Å². The second kappa shape index (κ2) is 9.29. The molecule has 0 aliphatic heterocycles. The molecule has 2 aromatic carbocycles. The summed E-state index contributed by atoms with van der Waals surface area (Å²) in [6, 6.07) is 12.1. The number of likely N-dealkylation sites (N-methyl/N-ethyl adjacent to an activating group) is 1. The normalized spacial score (nSPS) is 12.8. The number of carbonyl (C=O) groups excluding carboxylic acids is 3. The van der Waals surface area contributed by atoms with Crippen molar-refractivity contribution in [3.63, 3.8) is 0 Å². The van der Waals surface area contributed by atoms with E-state index >= 15 is 0 Å². The van der Waals surface area contributed by atoms with Crippen LogP contribution in [0.15, 0.2) is 48.5 Å². The predicted molar refractivity (Wildman–Crippen MR) is 107 cm³/mol. The van der Waals surface area contributed by atoms with Crippen molar-refractivity contribution in [2.24, 2.45) is 0 Å². The topological polar surface area (TPSA) is 87.7 Å². The number of benzene rings is 2. The highest BCUT2D eigenvalue weighted by Gasteiger charge is 2.37. The first-order chi connectivity index (χ1) is 13.7. The molecule has 0 aliphatic rings. The molecule has 0 spiro atoms. The van der Waals surface area contributed by atoms with Gasteiger partial charge in [0.05, 0.1) is 7.11 Å². The molecule has 8 heteroatoms. The molecular formula is C21H24FN3O4. The van der Waals surface area contributed by atoms with E-state index in [1.807, 2.05) is 0 Å². The Kier molecular flexibility index (Phi) is 7.06. The van der Waals surface area contributed by atoms with Gasteiger partial charge in [0.2, 0.25) is 5.91 Å². The number of amides is 2. The maximum Gasteiger partial charge on any atom is 0.325 e. The van der Waals surface area contributed by atoms with Gasteiger partial charge in [0, 0.05) is 11.3 Å². The molecule has 0 heterocycles. The molecule has 2 aromatic rings. The van der Waals surface area contributed by atoms with Crippen LogP contribution in [0.5, 0.6) is 0 Å². The molecule has 7 nitrogen and oxygen atoms in total. The van der Waals surface area contributed by atoms with Crippen LogP contribution in [-0.2, 0) is 19.9 Å². The van der Waals surface area contributed by atoms with E-state index in [4.69, 9.17) is 0 Å². The number of methoxy groups -OCH3 is 1. The summed E-state index contributed by atoms with van der Waals surface area (Å²) in [4.78, 5) is 38.2. The van der Waals surface area contributed by atoms with Crippen molar-refractivity contribution in [3.05, 3.63) is 65.5 Å². The number of esters is 1. The molecule has 0 aromatic heterocycles. The molecule has 2 rings (SSSR count). The van der Waals surface area contributed by atoms with Crippen molar-refractivity contribution in [2.75, 3.05) is 33.1 Å². The van der Waals surface area contributed by atoms with Crippen LogP contribution in [0.3, 0.4) is 0 Å². The zero-order valence-corrected chi connectivity index (χ0v) is 16.8. The molecule has 2 N–H and O–H groups in total. The van der Waals surface area contributed by atoms with Crippen molar-refractivity contribution < 1.29 is 23.5 Å². The average molecular weight is 401 g/mol. The van der Waals surface area contributed by atoms with Gasteiger partial charge in [0.15, 0.2) is 0 Å². The lowest BCUT2D eigenvalue weighted by Gasteiger charge is -2.35. The van der Waals surface area contributed by atoms with E-state index in [9.17, 15) is 18.8 Å². The third-order valence-corrected chi connectivity index (χ3v) is 4.75. The Hall–Kier alpha value is -3.26. The summed E-state index contributed by atoms with van der Waals surface area (Å²) in [5, 5.41) is 5.24. The molecule has 0 bridgehead atoms. The monoisotopic (exact) mass is 401 g/mol. The van der Waals surface area contributed by atoms with Crippen LogP contribution in [0, 0.1) is 5.82 Å². The highest BCUT2D eigenvalue weighted by Crippen LogP contribution is 2.28. The summed E-state index contributed by atoms with van der Waals surface area (Å²) < 4.78 is 17.8. The molecule has 0 unspecified atom stereocenters. The van der Waals surface area contributed by atoms with E-state index < -0.39 is 17.4 Å². The molecule has 0 saturated carbocycles. The fourth-order valence-electron chi connectivity index (χ4n) is 2.68. The Morgan fingerprint density at radius 1 is 1.10 bits per heavy atom. The highest BCUT2D eigenvalue weighted by molar-refractivity contribution is 6.01. The van der Waals surface area contributed by atoms with Gasteiger partial charge in [-0.05, 0) is 56.9 Å². The number of nitrogens with zero attached hydrogens (tertiary/aromatic N) is 1. The van der Waals surface area contributed by atoms with Crippen molar-refractivity contribution in [3.8, 4) is 0 Å². The van der Waals surface area contributed by atoms with E-state index in [1.54, 1.807) is 56.3 Å². The minimum Gasteiger partial charge on any atom is -0.468 e. The molecular weight excluding hydrogens is 377 g/mol. The summed E-state index contributed by atoms with van der Waals surface area (Å²) in [6.07, 6.45) is 0. The number of halogens is 1. The molecule has 0 radical (unpaired) electrons. The lowest BCUT2D eigenvalue weighted by molar-refractivity contribution is -0.139. The first-order valence-corrected chi connectivity index (χ1v) is 8.88. The van der Waals surface area contributed by atoms with Gasteiger partial charge in [0.25, 0.3) is 5.91 Å². The molecule has 0 aliphatic carbocycles. The minimum atomic E-state index is -1.07. The molecule has 0 saturated heterocycles. The van der Waals surface area contributed by atoms with E-state index in [0.29, 0.717) is 11.3 Å². The van der Waals surface area contributed by atoms with Crippen LogP contribution in [0.4, 0.5) is 10.1 Å². The summed E-state index contributed by atoms with van der Waals surface area (Å²) in [5.74, 6) is -1.77. The van der Waals surface area contributed by atoms with Crippen LogP contribution < -0.4 is 10.6 Å². The predicted octanol–water partition coefficient (Wildman–Crippen LogP) is 2.14. The second-order valence-electron chi connectivity index (χ2n) is 6.77. The second-order valence-corrected chi connectivity index (χ2v) is 6.77. The number of anilines is 1. The largest absolute Gasteiger partial charge is 0.468 e. The van der Waals surface area contributed by atoms with Crippen LogP contribution in [0.1, 0.15) is 22.8 Å². The van der Waals surface area contributed by atoms with Gasteiger partial charge >= 0.3 is 5.97 Å². The van der Waals surface area contributed by atoms with E-state index in [-0.39, 0.29) is 23.8 Å². The lowest BCUT2D eigenvalue weighted by Crippen LogP contribution is -2.48. The number of hydrogen-bond donors (Lipinski definition) is 2. The van der Waals surface area contributed by atoms with Crippen LogP contribution in [0.25, 0.3) is 0 Å². The van der Waals surface area contributed by atoms with Crippen molar-refractivity contribution in [1.82, 2.24) is 10.2 Å². The third kappa shape index (κ3) is 5.17. The Morgan fingerprint density at radius 3 is 2.34 bits per heavy atom. The van der Waals surface area contributed by atoms with E-state index in [2.05, 4.69) is 15.4 Å². The van der Waals surface area contributed by atoms with Crippen molar-refractivity contribution >= 4 is 23.5 Å². The summed E-state index contributed by atoms with van der Waals surface area (Å²) in [5.41, 5.74) is 0.237. The fraction of sp³-hybridized carbons (Fsp3) is 0.286. The molecule has 0 fully saturated rings. The highest BCUT2D eigenvalue weighted by atomic mass is 19.1. The maximum absolute atomic E-state index is 13.3. The summed E-state index contributed by atoms with van der Waals surface area (Å²) >= 11 is 0. The first-order valence-electron chi connectivity index (χ1n) is 8.88. The SMILES string of the molecule is COC(=O)CNC(=O)c1cccc(NC(=O)[C@@](C)(c2ccc(F)cc2)N(C)C)c1. The zero-order valence-electron chi connectivity index (χ0n) is 16.8. The lowest BCUT2D eigenvalue weighted by atomic mass is 9.89. The standard InChI is InChI=1S/C21H24FN3O4/c1-21(25(2)3,15-8-10-16(22)11-9-15)20(28)24-17-7-5-6-14(12-17)19(27)23-13-18(26)29-4/h5-12H,13H2,1-4H3,(H,23,27)(H,24,28)/t21-/m1/s1. The number of rotatable bonds is 7. The van der Waals surface area contributed by atoms with Gasteiger partial charge in [-0.15, -0.1) is 0 Å². The van der Waals surface area contributed by atoms with Gasteiger partial charge in [-0.2, -0.15) is 0 Å². The van der Waals surface area contributed by atoms with E-state index in [1.165, 1.54) is 25.3 Å². The Labute approximate surface area is 168 Å². The van der Waals surface area contributed by atoms with Crippen molar-refractivity contribution in [1.29, 1.82) is 0 Å². The first kappa shape index (κ1) is 22.0. The van der Waals surface area contributed by atoms with Crippen LogP contribution in [0.2, 0.25) is 0 Å². The summed E-state index contributed by atoms with van der Waals surface area (Å²) in [7, 11) is 4.73. The quantitative estimate of drug-likeness (QED) is 0.694. The maximum atomic E-state index is 13.3.